The van der Waals surface area contributed by atoms with Gasteiger partial charge in [0.2, 0.25) is 0 Å². The monoisotopic (exact) mass is 256 g/mol. The molecule has 0 atom stereocenters. The largest absolute Gasteiger partial charge is 0.508 e. The van der Waals surface area contributed by atoms with Crippen LogP contribution in [0.2, 0.25) is 0 Å². The third-order valence-electron chi connectivity index (χ3n) is 2.77. The molecule has 1 aliphatic carbocycles. The quantitative estimate of drug-likeness (QED) is 0.823. The fraction of sp³-hybridized carbons (Fsp3) is 0.0714. The Bertz CT molecular complexity index is 695. The van der Waals surface area contributed by atoms with E-state index in [2.05, 4.69) is 11.1 Å². The summed E-state index contributed by atoms with van der Waals surface area (Å²) < 4.78 is 0.990. The molecule has 3 nitrogen and oxygen atoms in total. The number of nitrogens with two attached hydrogens (primary N) is 1. The van der Waals surface area contributed by atoms with Gasteiger partial charge in [-0.15, -0.1) is 11.3 Å². The summed E-state index contributed by atoms with van der Waals surface area (Å²) in [6.45, 7) is 0. The zero-order chi connectivity index (χ0) is 12.5. The number of benzene rings is 1. The van der Waals surface area contributed by atoms with E-state index in [-0.39, 0.29) is 5.75 Å². The fourth-order valence-corrected chi connectivity index (χ4v) is 2.86. The molecule has 4 heteroatoms. The van der Waals surface area contributed by atoms with E-state index in [1.54, 1.807) is 23.5 Å². The summed E-state index contributed by atoms with van der Waals surface area (Å²) in [5, 5.41) is 10.4. The molecule has 0 aliphatic heterocycles. The molecule has 1 aromatic heterocycles. The van der Waals surface area contributed by atoms with Crippen molar-refractivity contribution in [2.24, 2.45) is 5.73 Å². The van der Waals surface area contributed by atoms with Crippen molar-refractivity contribution in [2.45, 2.75) is 6.42 Å². The minimum atomic E-state index is 0.272. The van der Waals surface area contributed by atoms with Crippen LogP contribution >= 0.6 is 11.3 Å². The molecule has 2 aromatic rings. The first-order valence-electron chi connectivity index (χ1n) is 5.66. The molecule has 0 saturated carbocycles. The molecule has 1 heterocycles. The average molecular weight is 256 g/mol. The van der Waals surface area contributed by atoms with Gasteiger partial charge in [0.05, 0.1) is 10.2 Å². The van der Waals surface area contributed by atoms with Crippen LogP contribution < -0.4 is 5.73 Å². The Labute approximate surface area is 109 Å². The molecule has 18 heavy (non-hydrogen) atoms. The van der Waals surface area contributed by atoms with Crippen LogP contribution in [0.25, 0.3) is 15.8 Å². The molecular weight excluding hydrogens is 244 g/mol. The average Bonchev–Trinajstić information content (AvgIpc) is 2.63. The van der Waals surface area contributed by atoms with Gasteiger partial charge in [-0.2, -0.15) is 0 Å². The van der Waals surface area contributed by atoms with Crippen LogP contribution in [0.5, 0.6) is 5.75 Å². The number of hydrogen-bond donors (Lipinski definition) is 2. The highest BCUT2D eigenvalue weighted by Gasteiger charge is 2.08. The maximum atomic E-state index is 9.45. The van der Waals surface area contributed by atoms with E-state index in [4.69, 9.17) is 5.73 Å². The van der Waals surface area contributed by atoms with Gasteiger partial charge in [-0.05, 0) is 30.7 Å². The van der Waals surface area contributed by atoms with Gasteiger partial charge in [0.15, 0.2) is 0 Å². The maximum absolute atomic E-state index is 9.45. The van der Waals surface area contributed by atoms with E-state index in [1.165, 1.54) is 0 Å². The minimum Gasteiger partial charge on any atom is -0.508 e. The molecular formula is C14H12N2OS. The fourth-order valence-electron chi connectivity index (χ4n) is 1.84. The number of allylic oxidation sites excluding steroid dienone is 5. The first-order valence-corrected chi connectivity index (χ1v) is 6.48. The third kappa shape index (κ3) is 2.02. The highest BCUT2D eigenvalue weighted by molar-refractivity contribution is 7.19. The summed E-state index contributed by atoms with van der Waals surface area (Å²) in [5.41, 5.74) is 8.52. The van der Waals surface area contributed by atoms with Gasteiger partial charge in [-0.1, -0.05) is 18.2 Å². The summed E-state index contributed by atoms with van der Waals surface area (Å²) in [7, 11) is 0. The van der Waals surface area contributed by atoms with E-state index in [0.717, 1.165) is 32.9 Å². The zero-order valence-electron chi connectivity index (χ0n) is 9.63. The molecule has 3 N–H and O–H groups in total. The predicted octanol–water partition coefficient (Wildman–Crippen LogP) is 3.19. The Morgan fingerprint density at radius 3 is 3.00 bits per heavy atom. The Morgan fingerprint density at radius 2 is 2.11 bits per heavy atom. The lowest BCUT2D eigenvalue weighted by molar-refractivity contribution is 0.476. The van der Waals surface area contributed by atoms with Crippen molar-refractivity contribution >= 4 is 27.1 Å². The second kappa shape index (κ2) is 4.31. The number of aromatic nitrogens is 1. The molecule has 90 valence electrons. The van der Waals surface area contributed by atoms with E-state index < -0.39 is 0 Å². The second-order valence-corrected chi connectivity index (χ2v) is 5.13. The van der Waals surface area contributed by atoms with Crippen molar-refractivity contribution < 1.29 is 5.11 Å². The van der Waals surface area contributed by atoms with E-state index in [1.807, 2.05) is 24.3 Å². The number of thiazole rings is 1. The standard InChI is InChI=1S/C14H12N2OS/c15-10-3-1-2-9(4-5-10)14-16-12-7-6-11(17)8-13(12)18-14/h2-8,17H,1,15H2. The Kier molecular flexibility index (Phi) is 2.64. The number of phenols is 1. The highest BCUT2D eigenvalue weighted by Crippen LogP contribution is 2.31. The first-order chi connectivity index (χ1) is 8.72. The number of fused-ring (bicyclic) bond motifs is 1. The molecule has 1 aliphatic rings. The normalized spacial score (nSPS) is 15.3. The summed E-state index contributed by atoms with van der Waals surface area (Å²) in [6, 6.07) is 5.23. The van der Waals surface area contributed by atoms with Crippen LogP contribution in [-0.2, 0) is 0 Å². The van der Waals surface area contributed by atoms with Crippen molar-refractivity contribution in [1.29, 1.82) is 0 Å². The Hall–Kier alpha value is -2.07. The lowest BCUT2D eigenvalue weighted by Crippen LogP contribution is -1.90. The number of nitrogens with zero attached hydrogens (tertiary/aromatic N) is 1. The number of phenolic OH excluding ortho intramolecular Hbond substituents is 1. The lowest BCUT2D eigenvalue weighted by Gasteiger charge is -1.93. The minimum absolute atomic E-state index is 0.272. The van der Waals surface area contributed by atoms with Gasteiger partial charge in [0.25, 0.3) is 0 Å². The van der Waals surface area contributed by atoms with Crippen LogP contribution in [0.4, 0.5) is 0 Å². The number of hydrogen-bond acceptors (Lipinski definition) is 4. The van der Waals surface area contributed by atoms with Crippen LogP contribution in [-0.4, -0.2) is 10.1 Å². The van der Waals surface area contributed by atoms with Crippen molar-refractivity contribution in [3.8, 4) is 5.75 Å². The second-order valence-electron chi connectivity index (χ2n) is 4.10. The molecule has 3 rings (SSSR count). The predicted molar refractivity (Wildman–Crippen MR) is 75.3 cm³/mol. The number of rotatable bonds is 1. The van der Waals surface area contributed by atoms with Crippen molar-refractivity contribution in [3.63, 3.8) is 0 Å². The van der Waals surface area contributed by atoms with Crippen molar-refractivity contribution in [3.05, 3.63) is 53.2 Å². The van der Waals surface area contributed by atoms with Crippen molar-refractivity contribution in [2.75, 3.05) is 0 Å². The lowest BCUT2D eigenvalue weighted by atomic mass is 10.2. The third-order valence-corrected chi connectivity index (χ3v) is 3.83. The van der Waals surface area contributed by atoms with E-state index in [9.17, 15) is 5.11 Å². The molecule has 0 radical (unpaired) electrons. The van der Waals surface area contributed by atoms with Crippen LogP contribution in [0.1, 0.15) is 11.4 Å². The van der Waals surface area contributed by atoms with Gasteiger partial charge >= 0.3 is 0 Å². The summed E-state index contributed by atoms with van der Waals surface area (Å²) in [4.78, 5) is 4.57. The molecule has 0 bridgehead atoms. The van der Waals surface area contributed by atoms with Crippen LogP contribution in [0, 0.1) is 0 Å². The zero-order valence-corrected chi connectivity index (χ0v) is 10.4. The first kappa shape index (κ1) is 11.0. The Balaban J connectivity index is 2.05. The molecule has 0 amide bonds. The SMILES string of the molecule is NC1=CCC=C(c2nc3ccc(O)cc3s2)C=C1. The summed E-state index contributed by atoms with van der Waals surface area (Å²) in [5.74, 6) is 0.272. The Morgan fingerprint density at radius 1 is 1.22 bits per heavy atom. The molecule has 0 spiro atoms. The molecule has 0 saturated heterocycles. The van der Waals surface area contributed by atoms with Gasteiger partial charge in [-0.3, -0.25) is 0 Å². The van der Waals surface area contributed by atoms with Gasteiger partial charge in [0.1, 0.15) is 10.8 Å². The molecule has 0 unspecified atom stereocenters. The van der Waals surface area contributed by atoms with Crippen LogP contribution in [0.15, 0.2) is 48.2 Å². The number of aromatic hydroxyl groups is 1. The smallest absolute Gasteiger partial charge is 0.124 e. The van der Waals surface area contributed by atoms with E-state index >= 15 is 0 Å². The summed E-state index contributed by atoms with van der Waals surface area (Å²) in [6.07, 6.45) is 8.77. The van der Waals surface area contributed by atoms with E-state index in [0.29, 0.717) is 0 Å². The topological polar surface area (TPSA) is 59.1 Å². The summed E-state index contributed by atoms with van der Waals surface area (Å²) >= 11 is 1.57. The van der Waals surface area contributed by atoms with Gasteiger partial charge in [-0.25, -0.2) is 4.98 Å². The molecule has 1 aromatic carbocycles. The van der Waals surface area contributed by atoms with Crippen molar-refractivity contribution in [1.82, 2.24) is 4.98 Å². The van der Waals surface area contributed by atoms with Gasteiger partial charge < -0.3 is 10.8 Å². The highest BCUT2D eigenvalue weighted by atomic mass is 32.1. The molecule has 0 fully saturated rings. The van der Waals surface area contributed by atoms with Gasteiger partial charge in [0, 0.05) is 11.3 Å². The maximum Gasteiger partial charge on any atom is 0.124 e. The van der Waals surface area contributed by atoms with Crippen LogP contribution in [0.3, 0.4) is 0 Å².